The number of hydrogen-bond donors (Lipinski definition) is 2. The van der Waals surface area contributed by atoms with Gasteiger partial charge >= 0.3 is 0 Å². The average Bonchev–Trinajstić information content (AvgIpc) is 2.74. The maximum atomic E-state index is 5.62. The van der Waals surface area contributed by atoms with Crippen LogP contribution in [0.1, 0.15) is 38.3 Å². The Hall–Kier alpha value is -1.23. The minimum atomic E-state index is 0.289. The van der Waals surface area contributed by atoms with E-state index in [4.69, 9.17) is 18.0 Å². The van der Waals surface area contributed by atoms with E-state index < -0.39 is 0 Å². The molecule has 0 bridgehead atoms. The molecule has 0 unspecified atom stereocenters. The van der Waals surface area contributed by atoms with Gasteiger partial charge in [-0.05, 0) is 18.3 Å². The molecule has 0 atom stereocenters. The maximum Gasteiger partial charge on any atom is 0.155 e. The minimum absolute atomic E-state index is 0.289. The molecule has 1 aromatic heterocycles. The number of hydrogen-bond acceptors (Lipinski definition) is 4. The molecule has 0 aromatic carbocycles. The Bertz CT molecular complexity index is 413. The van der Waals surface area contributed by atoms with Crippen LogP contribution in [0.15, 0.2) is 12.4 Å². The van der Waals surface area contributed by atoms with Crippen LogP contribution in [0.3, 0.4) is 0 Å². The van der Waals surface area contributed by atoms with Gasteiger partial charge in [-0.1, -0.05) is 32.0 Å². The molecule has 1 fully saturated rings. The summed E-state index contributed by atoms with van der Waals surface area (Å²) >= 11 is 4.96. The number of thiocarbonyl (C=S) groups is 1. The van der Waals surface area contributed by atoms with Gasteiger partial charge in [0, 0.05) is 18.9 Å². The van der Waals surface area contributed by atoms with Crippen LogP contribution in [-0.2, 0) is 0 Å². The second-order valence-electron chi connectivity index (χ2n) is 4.99. The zero-order chi connectivity index (χ0) is 12.3. The number of nitrogens with two attached hydrogens (primary N) is 1. The lowest BCUT2D eigenvalue weighted by Gasteiger charge is -2.24. The summed E-state index contributed by atoms with van der Waals surface area (Å²) in [7, 11) is 0. The van der Waals surface area contributed by atoms with Crippen molar-refractivity contribution in [2.75, 3.05) is 11.9 Å². The Morgan fingerprint density at radius 3 is 2.71 bits per heavy atom. The van der Waals surface area contributed by atoms with E-state index in [1.165, 1.54) is 25.7 Å². The first-order valence-electron chi connectivity index (χ1n) is 5.95. The van der Waals surface area contributed by atoms with E-state index in [-0.39, 0.29) is 4.99 Å². The average molecular weight is 250 g/mol. The summed E-state index contributed by atoms with van der Waals surface area (Å²) in [6, 6.07) is 0. The summed E-state index contributed by atoms with van der Waals surface area (Å²) < 4.78 is 0. The highest BCUT2D eigenvalue weighted by molar-refractivity contribution is 7.80. The third-order valence-corrected chi connectivity index (χ3v) is 3.62. The fraction of sp³-hybridized carbons (Fsp3) is 0.583. The van der Waals surface area contributed by atoms with Crippen molar-refractivity contribution >= 4 is 23.0 Å². The fourth-order valence-electron chi connectivity index (χ4n) is 2.35. The van der Waals surface area contributed by atoms with Crippen molar-refractivity contribution in [2.45, 2.75) is 32.6 Å². The molecule has 0 spiro atoms. The van der Waals surface area contributed by atoms with Crippen LogP contribution >= 0.6 is 12.2 Å². The van der Waals surface area contributed by atoms with E-state index in [0.29, 0.717) is 16.9 Å². The van der Waals surface area contributed by atoms with Crippen LogP contribution in [0.5, 0.6) is 0 Å². The summed E-state index contributed by atoms with van der Waals surface area (Å²) in [5, 5.41) is 3.34. The highest BCUT2D eigenvalue weighted by Gasteiger charge is 2.28. The van der Waals surface area contributed by atoms with Crippen molar-refractivity contribution in [2.24, 2.45) is 11.1 Å². The van der Waals surface area contributed by atoms with Crippen LogP contribution in [0.2, 0.25) is 0 Å². The molecule has 0 radical (unpaired) electrons. The number of nitrogens with zero attached hydrogens (tertiary/aromatic N) is 2. The van der Waals surface area contributed by atoms with E-state index in [1.807, 2.05) is 0 Å². The molecule has 5 heteroatoms. The van der Waals surface area contributed by atoms with E-state index in [0.717, 1.165) is 6.54 Å². The molecule has 17 heavy (non-hydrogen) atoms. The molecule has 0 amide bonds. The van der Waals surface area contributed by atoms with E-state index in [2.05, 4.69) is 22.2 Å². The number of aromatic nitrogens is 2. The van der Waals surface area contributed by atoms with Gasteiger partial charge in [-0.3, -0.25) is 0 Å². The van der Waals surface area contributed by atoms with Gasteiger partial charge in [0.15, 0.2) is 5.82 Å². The second kappa shape index (κ2) is 4.96. The van der Waals surface area contributed by atoms with Crippen molar-refractivity contribution < 1.29 is 0 Å². The quantitative estimate of drug-likeness (QED) is 0.801. The lowest BCUT2D eigenvalue weighted by Crippen LogP contribution is -2.25. The van der Waals surface area contributed by atoms with Crippen LogP contribution in [-0.4, -0.2) is 21.5 Å². The Morgan fingerprint density at radius 2 is 2.06 bits per heavy atom. The highest BCUT2D eigenvalue weighted by atomic mass is 32.1. The van der Waals surface area contributed by atoms with Crippen molar-refractivity contribution in [1.82, 2.24) is 9.97 Å². The maximum absolute atomic E-state index is 5.62. The predicted octanol–water partition coefficient (Wildman–Crippen LogP) is 2.10. The van der Waals surface area contributed by atoms with Gasteiger partial charge in [0.25, 0.3) is 0 Å². The molecule has 3 N–H and O–H groups in total. The van der Waals surface area contributed by atoms with Crippen LogP contribution in [0.25, 0.3) is 0 Å². The third-order valence-electron chi connectivity index (χ3n) is 3.42. The van der Waals surface area contributed by atoms with Crippen molar-refractivity contribution in [3.05, 3.63) is 18.1 Å². The molecule has 1 heterocycles. The molecule has 0 saturated heterocycles. The fourth-order valence-corrected chi connectivity index (χ4v) is 2.50. The molecule has 4 nitrogen and oxygen atoms in total. The summed E-state index contributed by atoms with van der Waals surface area (Å²) in [6.07, 6.45) is 8.44. The van der Waals surface area contributed by atoms with E-state index in [1.54, 1.807) is 12.4 Å². The minimum Gasteiger partial charge on any atom is -0.388 e. The molecular formula is C12H18N4S. The smallest absolute Gasteiger partial charge is 0.155 e. The molecular weight excluding hydrogens is 232 g/mol. The predicted molar refractivity (Wildman–Crippen MR) is 73.0 cm³/mol. The van der Waals surface area contributed by atoms with Crippen LogP contribution < -0.4 is 11.1 Å². The summed E-state index contributed by atoms with van der Waals surface area (Å²) in [6.45, 7) is 3.21. The van der Waals surface area contributed by atoms with Gasteiger partial charge < -0.3 is 11.1 Å². The molecule has 1 aliphatic carbocycles. The third kappa shape index (κ3) is 2.91. The molecule has 2 rings (SSSR count). The summed E-state index contributed by atoms with van der Waals surface area (Å²) in [5.41, 5.74) is 6.57. The first-order chi connectivity index (χ1) is 8.11. The molecule has 0 aliphatic heterocycles. The van der Waals surface area contributed by atoms with Crippen LogP contribution in [0.4, 0.5) is 5.82 Å². The highest BCUT2D eigenvalue weighted by Crippen LogP contribution is 2.37. The van der Waals surface area contributed by atoms with Gasteiger partial charge in [0.1, 0.15) is 10.7 Å². The van der Waals surface area contributed by atoms with Gasteiger partial charge in [0.2, 0.25) is 0 Å². The van der Waals surface area contributed by atoms with Crippen molar-refractivity contribution in [1.29, 1.82) is 0 Å². The van der Waals surface area contributed by atoms with Gasteiger partial charge in [-0.15, -0.1) is 0 Å². The second-order valence-corrected chi connectivity index (χ2v) is 5.43. The molecule has 1 aliphatic rings. The normalized spacial score (nSPS) is 17.9. The Morgan fingerprint density at radius 1 is 1.41 bits per heavy atom. The molecule has 1 aromatic rings. The Labute approximate surface area is 107 Å². The zero-order valence-corrected chi connectivity index (χ0v) is 10.9. The van der Waals surface area contributed by atoms with Crippen molar-refractivity contribution in [3.63, 3.8) is 0 Å². The molecule has 1 saturated carbocycles. The number of nitrogens with one attached hydrogen (secondary N) is 1. The van der Waals surface area contributed by atoms with Crippen LogP contribution in [0, 0.1) is 5.41 Å². The first kappa shape index (κ1) is 12.2. The Balaban J connectivity index is 2.06. The standard InChI is InChI=1S/C12H18N4S/c1-12(4-2-3-5-12)8-16-11-9(10(13)17)14-6-7-15-11/h6-7H,2-5,8H2,1H3,(H2,13,17)(H,15,16). The molecule has 92 valence electrons. The monoisotopic (exact) mass is 250 g/mol. The summed E-state index contributed by atoms with van der Waals surface area (Å²) in [4.78, 5) is 8.69. The first-order valence-corrected chi connectivity index (χ1v) is 6.36. The summed E-state index contributed by atoms with van der Waals surface area (Å²) in [5.74, 6) is 0.702. The lowest BCUT2D eigenvalue weighted by molar-refractivity contribution is 0.361. The number of anilines is 1. The topological polar surface area (TPSA) is 63.8 Å². The lowest BCUT2D eigenvalue weighted by atomic mass is 9.89. The van der Waals surface area contributed by atoms with E-state index >= 15 is 0 Å². The van der Waals surface area contributed by atoms with E-state index in [9.17, 15) is 0 Å². The van der Waals surface area contributed by atoms with Gasteiger partial charge in [0.05, 0.1) is 0 Å². The van der Waals surface area contributed by atoms with Gasteiger partial charge in [-0.25, -0.2) is 9.97 Å². The Kier molecular flexibility index (Phi) is 3.57. The SMILES string of the molecule is CC1(CNc2nccnc2C(N)=S)CCCC1. The number of rotatable bonds is 4. The largest absolute Gasteiger partial charge is 0.388 e. The van der Waals surface area contributed by atoms with Gasteiger partial charge in [-0.2, -0.15) is 0 Å². The zero-order valence-electron chi connectivity index (χ0n) is 10.1. The van der Waals surface area contributed by atoms with Crippen molar-refractivity contribution in [3.8, 4) is 0 Å².